The second-order valence-corrected chi connectivity index (χ2v) is 7.51. The molecule has 18 heavy (non-hydrogen) atoms. The van der Waals surface area contributed by atoms with Gasteiger partial charge in [0.25, 0.3) is 0 Å². The van der Waals surface area contributed by atoms with Crippen LogP contribution in [-0.4, -0.2) is 45.5 Å². The second-order valence-electron chi connectivity index (χ2n) is 5.25. The van der Waals surface area contributed by atoms with Gasteiger partial charge in [-0.3, -0.25) is 4.79 Å². The van der Waals surface area contributed by atoms with Crippen LogP contribution in [-0.2, 0) is 14.6 Å². The molecule has 1 amide bonds. The van der Waals surface area contributed by atoms with Gasteiger partial charge in [-0.2, -0.15) is 0 Å². The summed E-state index contributed by atoms with van der Waals surface area (Å²) in [5.74, 6) is -0.0550. The minimum absolute atomic E-state index is 0.00525. The Morgan fingerprint density at radius 2 is 1.83 bits per heavy atom. The van der Waals surface area contributed by atoms with Crippen molar-refractivity contribution in [3.63, 3.8) is 0 Å². The number of hydrogen-bond acceptors (Lipinski definition) is 4. The number of nitrogens with one attached hydrogen (secondary N) is 2. The Balaban J connectivity index is 2.38. The van der Waals surface area contributed by atoms with Gasteiger partial charge in [0.05, 0.1) is 5.75 Å². The van der Waals surface area contributed by atoms with Crippen molar-refractivity contribution >= 4 is 15.7 Å². The maximum atomic E-state index is 11.8. The normalized spacial score (nSPS) is 19.4. The highest BCUT2D eigenvalue weighted by atomic mass is 32.2. The van der Waals surface area contributed by atoms with Crippen LogP contribution >= 0.6 is 0 Å². The van der Waals surface area contributed by atoms with E-state index in [9.17, 15) is 13.2 Å². The smallest absolute Gasteiger partial charge is 0.221 e. The van der Waals surface area contributed by atoms with Gasteiger partial charge < -0.3 is 10.6 Å². The summed E-state index contributed by atoms with van der Waals surface area (Å²) < 4.78 is 21.9. The molecule has 0 radical (unpaired) electrons. The number of rotatable bonds is 6. The molecule has 0 aromatic carbocycles. The number of amides is 1. The Kier molecular flexibility index (Phi) is 5.59. The molecule has 2 N–H and O–H groups in total. The highest BCUT2D eigenvalue weighted by molar-refractivity contribution is 7.90. The zero-order valence-electron chi connectivity index (χ0n) is 11.3. The van der Waals surface area contributed by atoms with E-state index < -0.39 is 9.84 Å². The van der Waals surface area contributed by atoms with Gasteiger partial charge in [-0.25, -0.2) is 8.42 Å². The molecule has 1 aliphatic rings. The highest BCUT2D eigenvalue weighted by Crippen LogP contribution is 2.30. The van der Waals surface area contributed by atoms with Crippen molar-refractivity contribution in [3.05, 3.63) is 0 Å². The number of hydrogen-bond donors (Lipinski definition) is 2. The molecule has 106 valence electrons. The van der Waals surface area contributed by atoms with E-state index in [-0.39, 0.29) is 23.7 Å². The van der Waals surface area contributed by atoms with Gasteiger partial charge in [0.1, 0.15) is 9.84 Å². The lowest BCUT2D eigenvalue weighted by Crippen LogP contribution is -2.48. The molecule has 0 aromatic heterocycles. The molecule has 0 heterocycles. The lowest BCUT2D eigenvalue weighted by molar-refractivity contribution is -0.122. The Bertz CT molecular complexity index is 373. The summed E-state index contributed by atoms with van der Waals surface area (Å²) in [6.45, 7) is 0.206. The van der Waals surface area contributed by atoms with Gasteiger partial charge in [-0.15, -0.1) is 0 Å². The average Bonchev–Trinajstić information content (AvgIpc) is 2.28. The van der Waals surface area contributed by atoms with E-state index in [1.165, 1.54) is 12.7 Å². The average molecular weight is 276 g/mol. The van der Waals surface area contributed by atoms with Crippen molar-refractivity contribution < 1.29 is 13.2 Å². The Morgan fingerprint density at radius 1 is 1.22 bits per heavy atom. The number of sulfone groups is 1. The van der Waals surface area contributed by atoms with Gasteiger partial charge in [-0.1, -0.05) is 19.3 Å². The lowest BCUT2D eigenvalue weighted by atomic mass is 9.79. The minimum atomic E-state index is -3.00. The summed E-state index contributed by atoms with van der Waals surface area (Å²) in [6, 6.07) is 0. The molecular weight excluding hydrogens is 252 g/mol. The summed E-state index contributed by atoms with van der Waals surface area (Å²) in [6.07, 6.45) is 7.18. The van der Waals surface area contributed by atoms with Crippen LogP contribution < -0.4 is 10.6 Å². The Hall–Kier alpha value is -0.620. The van der Waals surface area contributed by atoms with Crippen molar-refractivity contribution in [2.75, 3.05) is 25.6 Å². The topological polar surface area (TPSA) is 75.3 Å². The zero-order valence-corrected chi connectivity index (χ0v) is 12.1. The van der Waals surface area contributed by atoms with Crippen LogP contribution in [0.15, 0.2) is 0 Å². The third kappa shape index (κ3) is 5.35. The molecular formula is C12H24N2O3S. The zero-order chi connectivity index (χ0) is 13.6. The Labute approximate surface area is 110 Å². The molecule has 0 unspecified atom stereocenters. The predicted octanol–water partition coefficient (Wildman–Crippen LogP) is 0.460. The minimum Gasteiger partial charge on any atom is -0.355 e. The predicted molar refractivity (Wildman–Crippen MR) is 72.2 cm³/mol. The molecule has 0 aliphatic heterocycles. The van der Waals surface area contributed by atoms with E-state index in [0.29, 0.717) is 6.42 Å². The molecule has 0 bridgehead atoms. The van der Waals surface area contributed by atoms with E-state index in [0.717, 1.165) is 25.7 Å². The van der Waals surface area contributed by atoms with Crippen LogP contribution in [0.4, 0.5) is 0 Å². The molecule has 1 fully saturated rings. The van der Waals surface area contributed by atoms with E-state index in [2.05, 4.69) is 10.6 Å². The largest absolute Gasteiger partial charge is 0.355 e. The first-order valence-electron chi connectivity index (χ1n) is 6.50. The maximum absolute atomic E-state index is 11.8. The van der Waals surface area contributed by atoms with Crippen LogP contribution in [0.2, 0.25) is 0 Å². The maximum Gasteiger partial charge on any atom is 0.221 e. The van der Waals surface area contributed by atoms with Gasteiger partial charge in [0.15, 0.2) is 0 Å². The van der Waals surface area contributed by atoms with Gasteiger partial charge >= 0.3 is 0 Å². The summed E-state index contributed by atoms with van der Waals surface area (Å²) in [5, 5.41) is 5.96. The number of carbonyl (C=O) groups excluding carboxylic acids is 1. The molecule has 1 aliphatic carbocycles. The first-order valence-corrected chi connectivity index (χ1v) is 8.56. The van der Waals surface area contributed by atoms with E-state index in [1.54, 1.807) is 0 Å². The monoisotopic (exact) mass is 276 g/mol. The quantitative estimate of drug-likeness (QED) is 0.739. The standard InChI is InChI=1S/C12H24N2O3S/c1-13-12(6-4-3-5-7-12)10-11(15)14-8-9-18(2,16)17/h13H,3-10H2,1-2H3,(H,14,15). The van der Waals surface area contributed by atoms with Crippen molar-refractivity contribution in [1.29, 1.82) is 0 Å². The molecule has 0 aromatic rings. The summed E-state index contributed by atoms with van der Waals surface area (Å²) >= 11 is 0. The van der Waals surface area contributed by atoms with Crippen molar-refractivity contribution in [3.8, 4) is 0 Å². The van der Waals surface area contributed by atoms with E-state index in [4.69, 9.17) is 0 Å². The summed E-state index contributed by atoms with van der Waals surface area (Å²) in [5.41, 5.74) is -0.0899. The lowest BCUT2D eigenvalue weighted by Gasteiger charge is -2.36. The molecule has 0 spiro atoms. The fourth-order valence-electron chi connectivity index (χ4n) is 2.49. The molecule has 5 nitrogen and oxygen atoms in total. The van der Waals surface area contributed by atoms with Gasteiger partial charge in [-0.05, 0) is 19.9 Å². The van der Waals surface area contributed by atoms with Crippen molar-refractivity contribution in [2.45, 2.75) is 44.1 Å². The van der Waals surface area contributed by atoms with E-state index in [1.807, 2.05) is 7.05 Å². The summed E-state index contributed by atoms with van der Waals surface area (Å²) in [4.78, 5) is 11.8. The first kappa shape index (κ1) is 15.4. The molecule has 0 saturated heterocycles. The third-order valence-corrected chi connectivity index (χ3v) is 4.58. The van der Waals surface area contributed by atoms with Crippen LogP contribution in [0.3, 0.4) is 0 Å². The number of carbonyl (C=O) groups is 1. The summed E-state index contributed by atoms with van der Waals surface area (Å²) in [7, 11) is -1.11. The van der Waals surface area contributed by atoms with E-state index >= 15 is 0 Å². The van der Waals surface area contributed by atoms with Crippen molar-refractivity contribution in [1.82, 2.24) is 10.6 Å². The fraction of sp³-hybridized carbons (Fsp3) is 0.917. The van der Waals surface area contributed by atoms with Crippen LogP contribution in [0.25, 0.3) is 0 Å². The highest BCUT2D eigenvalue weighted by Gasteiger charge is 2.32. The molecule has 1 saturated carbocycles. The molecule has 6 heteroatoms. The first-order chi connectivity index (χ1) is 8.37. The van der Waals surface area contributed by atoms with Crippen LogP contribution in [0.5, 0.6) is 0 Å². The van der Waals surface area contributed by atoms with Crippen LogP contribution in [0, 0.1) is 0 Å². The molecule has 1 rings (SSSR count). The van der Waals surface area contributed by atoms with Gasteiger partial charge in [0.2, 0.25) is 5.91 Å². The fourth-order valence-corrected chi connectivity index (χ4v) is 2.96. The third-order valence-electron chi connectivity index (χ3n) is 3.63. The van der Waals surface area contributed by atoms with Crippen LogP contribution in [0.1, 0.15) is 38.5 Å². The second kappa shape index (κ2) is 6.52. The SMILES string of the molecule is CNC1(CC(=O)NCCS(C)(=O)=O)CCCCC1. The van der Waals surface area contributed by atoms with Gasteiger partial charge in [0, 0.05) is 24.8 Å². The Morgan fingerprint density at radius 3 is 2.33 bits per heavy atom. The van der Waals surface area contributed by atoms with Crippen molar-refractivity contribution in [2.24, 2.45) is 0 Å². The molecule has 0 atom stereocenters.